The molecule has 0 heterocycles. The molecule has 0 atom stereocenters. The molecule has 0 spiro atoms. The predicted octanol–water partition coefficient (Wildman–Crippen LogP) is 2.99. The van der Waals surface area contributed by atoms with E-state index >= 15 is 0 Å². The zero-order chi connectivity index (χ0) is 14.2. The minimum absolute atomic E-state index is 0.0621. The van der Waals surface area contributed by atoms with Crippen molar-refractivity contribution in [1.82, 2.24) is 0 Å². The number of anilines is 2. The van der Waals surface area contributed by atoms with Crippen LogP contribution in [0.1, 0.15) is 0 Å². The largest absolute Gasteiger partial charge is 0.398 e. The molecule has 2 aromatic carbocycles. The van der Waals surface area contributed by atoms with Crippen molar-refractivity contribution in [3.05, 3.63) is 46.4 Å². The quantitative estimate of drug-likeness (QED) is 0.834. The van der Waals surface area contributed by atoms with E-state index in [1.54, 1.807) is 6.07 Å². The van der Waals surface area contributed by atoms with E-state index in [2.05, 4.69) is 0 Å². The van der Waals surface area contributed by atoms with Crippen LogP contribution in [0.2, 0.25) is 10.0 Å². The van der Waals surface area contributed by atoms with Gasteiger partial charge in [0.2, 0.25) is 9.84 Å². The lowest BCUT2D eigenvalue weighted by Gasteiger charge is -2.11. The standard InChI is InChI=1S/C12H10Cl2N2O2S/c13-7-4-5-8(14)11(6-7)19(17,18)12-9(15)2-1-3-10(12)16/h1-6H,15-16H2. The number of halogens is 2. The van der Waals surface area contributed by atoms with Crippen molar-refractivity contribution in [3.8, 4) is 0 Å². The van der Waals surface area contributed by atoms with Gasteiger partial charge in [0.25, 0.3) is 0 Å². The summed E-state index contributed by atoms with van der Waals surface area (Å²) in [7, 11) is -3.92. The summed E-state index contributed by atoms with van der Waals surface area (Å²) in [6, 6.07) is 8.67. The van der Waals surface area contributed by atoms with Crippen LogP contribution in [-0.4, -0.2) is 8.42 Å². The van der Waals surface area contributed by atoms with E-state index in [9.17, 15) is 8.42 Å². The van der Waals surface area contributed by atoms with Gasteiger partial charge in [-0.15, -0.1) is 0 Å². The first-order valence-corrected chi connectivity index (χ1v) is 7.42. The van der Waals surface area contributed by atoms with Crippen molar-refractivity contribution >= 4 is 44.4 Å². The third kappa shape index (κ3) is 2.49. The molecule has 0 saturated carbocycles. The van der Waals surface area contributed by atoms with Crippen LogP contribution in [0.4, 0.5) is 11.4 Å². The Morgan fingerprint density at radius 3 is 2.11 bits per heavy atom. The maximum Gasteiger partial charge on any atom is 0.212 e. The Balaban J connectivity index is 2.77. The number of hydrogen-bond donors (Lipinski definition) is 2. The summed E-state index contributed by atoms with van der Waals surface area (Å²) in [5.41, 5.74) is 11.5. The van der Waals surface area contributed by atoms with E-state index in [1.165, 1.54) is 30.3 Å². The van der Waals surface area contributed by atoms with Crippen LogP contribution in [0.3, 0.4) is 0 Å². The molecule has 0 aliphatic carbocycles. The van der Waals surface area contributed by atoms with Crippen LogP contribution < -0.4 is 11.5 Å². The van der Waals surface area contributed by atoms with Crippen molar-refractivity contribution < 1.29 is 8.42 Å². The minimum Gasteiger partial charge on any atom is -0.398 e. The molecule has 0 aliphatic rings. The topological polar surface area (TPSA) is 86.2 Å². The Morgan fingerprint density at radius 1 is 0.947 bits per heavy atom. The first-order chi connectivity index (χ1) is 8.84. The molecule has 0 amide bonds. The van der Waals surface area contributed by atoms with Gasteiger partial charge in [0, 0.05) is 5.02 Å². The molecule has 2 rings (SSSR count). The second kappa shape index (κ2) is 4.92. The maximum atomic E-state index is 12.5. The first-order valence-electron chi connectivity index (χ1n) is 5.18. The highest BCUT2D eigenvalue weighted by atomic mass is 35.5. The number of nitrogen functional groups attached to an aromatic ring is 2. The lowest BCUT2D eigenvalue weighted by molar-refractivity contribution is 0.597. The number of benzene rings is 2. The van der Waals surface area contributed by atoms with Crippen LogP contribution in [0.15, 0.2) is 46.2 Å². The SMILES string of the molecule is Nc1cccc(N)c1S(=O)(=O)c1cc(Cl)ccc1Cl. The molecule has 2 aromatic rings. The Morgan fingerprint density at radius 2 is 1.53 bits per heavy atom. The highest BCUT2D eigenvalue weighted by Gasteiger charge is 2.25. The van der Waals surface area contributed by atoms with E-state index in [1.807, 2.05) is 0 Å². The number of sulfone groups is 1. The Hall–Kier alpha value is -1.43. The van der Waals surface area contributed by atoms with E-state index in [0.29, 0.717) is 0 Å². The second-order valence-electron chi connectivity index (χ2n) is 3.84. The summed E-state index contributed by atoms with van der Waals surface area (Å²) in [6.45, 7) is 0. The van der Waals surface area contributed by atoms with Crippen LogP contribution >= 0.6 is 23.2 Å². The fraction of sp³-hybridized carbons (Fsp3) is 0. The molecule has 0 fully saturated rings. The zero-order valence-electron chi connectivity index (χ0n) is 9.60. The molecule has 100 valence electrons. The van der Waals surface area contributed by atoms with Gasteiger partial charge in [-0.25, -0.2) is 8.42 Å². The second-order valence-corrected chi connectivity index (χ2v) is 6.54. The monoisotopic (exact) mass is 316 g/mol. The molecular weight excluding hydrogens is 307 g/mol. The van der Waals surface area contributed by atoms with Gasteiger partial charge in [-0.3, -0.25) is 0 Å². The highest BCUT2D eigenvalue weighted by molar-refractivity contribution is 7.92. The van der Waals surface area contributed by atoms with Crippen LogP contribution in [-0.2, 0) is 9.84 Å². The lowest BCUT2D eigenvalue weighted by Crippen LogP contribution is -2.09. The smallest absolute Gasteiger partial charge is 0.212 e. The summed E-state index contributed by atoms with van der Waals surface area (Å²) >= 11 is 11.7. The fourth-order valence-corrected chi connectivity index (χ4v) is 3.92. The van der Waals surface area contributed by atoms with Gasteiger partial charge in [0.15, 0.2) is 0 Å². The molecule has 0 aliphatic heterocycles. The molecule has 0 bridgehead atoms. The summed E-state index contributed by atoms with van der Waals surface area (Å²) in [6.07, 6.45) is 0. The van der Waals surface area contributed by atoms with E-state index in [-0.39, 0.29) is 31.2 Å². The van der Waals surface area contributed by atoms with Crippen molar-refractivity contribution in [3.63, 3.8) is 0 Å². The van der Waals surface area contributed by atoms with Crippen molar-refractivity contribution in [2.45, 2.75) is 9.79 Å². The van der Waals surface area contributed by atoms with Crippen molar-refractivity contribution in [1.29, 1.82) is 0 Å². The maximum absolute atomic E-state index is 12.5. The lowest BCUT2D eigenvalue weighted by atomic mass is 10.3. The molecule has 0 aromatic heterocycles. The normalized spacial score (nSPS) is 11.5. The Kier molecular flexibility index (Phi) is 3.62. The van der Waals surface area contributed by atoms with E-state index in [0.717, 1.165) is 0 Å². The molecule has 4 N–H and O–H groups in total. The van der Waals surface area contributed by atoms with Crippen molar-refractivity contribution in [2.24, 2.45) is 0 Å². The number of hydrogen-bond acceptors (Lipinski definition) is 4. The molecule has 4 nitrogen and oxygen atoms in total. The molecule has 7 heteroatoms. The average molecular weight is 317 g/mol. The number of rotatable bonds is 2. The molecule has 19 heavy (non-hydrogen) atoms. The average Bonchev–Trinajstić information content (AvgIpc) is 2.31. The van der Waals surface area contributed by atoms with E-state index < -0.39 is 9.84 Å². The van der Waals surface area contributed by atoms with Crippen LogP contribution in [0.5, 0.6) is 0 Å². The van der Waals surface area contributed by atoms with Gasteiger partial charge in [0.1, 0.15) is 4.90 Å². The Bertz CT molecular complexity index is 725. The van der Waals surface area contributed by atoms with Gasteiger partial charge in [-0.05, 0) is 30.3 Å². The van der Waals surface area contributed by atoms with Gasteiger partial charge in [-0.2, -0.15) is 0 Å². The Labute approximate surface area is 120 Å². The summed E-state index contributed by atoms with van der Waals surface area (Å²) in [5.74, 6) is 0. The summed E-state index contributed by atoms with van der Waals surface area (Å²) in [5, 5.41) is 0.322. The van der Waals surface area contributed by atoms with Gasteiger partial charge in [-0.1, -0.05) is 29.3 Å². The third-order valence-corrected chi connectivity index (χ3v) is 5.13. The van der Waals surface area contributed by atoms with Gasteiger partial charge >= 0.3 is 0 Å². The third-order valence-electron chi connectivity index (χ3n) is 2.53. The predicted molar refractivity (Wildman–Crippen MR) is 77.2 cm³/mol. The summed E-state index contributed by atoms with van der Waals surface area (Å²) in [4.78, 5) is -0.273. The van der Waals surface area contributed by atoms with Crippen LogP contribution in [0.25, 0.3) is 0 Å². The fourth-order valence-electron chi connectivity index (χ4n) is 1.68. The van der Waals surface area contributed by atoms with Gasteiger partial charge in [0.05, 0.1) is 21.3 Å². The first kappa shape index (κ1) is 14.0. The van der Waals surface area contributed by atoms with Crippen molar-refractivity contribution in [2.75, 3.05) is 11.5 Å². The zero-order valence-corrected chi connectivity index (χ0v) is 11.9. The highest BCUT2D eigenvalue weighted by Crippen LogP contribution is 2.35. The minimum atomic E-state index is -3.92. The number of nitrogens with two attached hydrogens (primary N) is 2. The molecule has 0 unspecified atom stereocenters. The molecular formula is C12H10Cl2N2O2S. The molecule has 0 radical (unpaired) electrons. The van der Waals surface area contributed by atoms with Gasteiger partial charge < -0.3 is 11.5 Å². The molecule has 0 saturated heterocycles. The van der Waals surface area contributed by atoms with Crippen LogP contribution in [0, 0.1) is 0 Å². The summed E-state index contributed by atoms with van der Waals surface area (Å²) < 4.78 is 25.1. The van der Waals surface area contributed by atoms with E-state index in [4.69, 9.17) is 34.7 Å².